The predicted octanol–water partition coefficient (Wildman–Crippen LogP) is 2.13. The number of hydrogen-bond acceptors (Lipinski definition) is 6. The van der Waals surface area contributed by atoms with Gasteiger partial charge in [0.25, 0.3) is 5.91 Å². The van der Waals surface area contributed by atoms with Crippen molar-refractivity contribution in [1.82, 2.24) is 4.90 Å². The van der Waals surface area contributed by atoms with Crippen LogP contribution in [0.2, 0.25) is 0 Å². The van der Waals surface area contributed by atoms with Crippen LogP contribution < -0.4 is 15.2 Å². The number of carbonyl (C=O) groups is 1. The number of amides is 1. The van der Waals surface area contributed by atoms with E-state index in [4.69, 9.17) is 15.2 Å². The monoisotopic (exact) mass is 327 g/mol. The standard InChI is InChI=1S/C16H13N3O3S/c17-6-11-10-3-4-19(7-14(10)23-15(11)18)16(20)9-1-2-12-13(5-9)22-8-21-12/h1-2,5H,3-4,7-8,18H2. The van der Waals surface area contributed by atoms with Gasteiger partial charge in [0.2, 0.25) is 6.79 Å². The molecule has 2 aliphatic rings. The molecule has 23 heavy (non-hydrogen) atoms. The zero-order valence-electron chi connectivity index (χ0n) is 12.2. The van der Waals surface area contributed by atoms with Crippen LogP contribution >= 0.6 is 11.3 Å². The molecule has 0 aliphatic carbocycles. The molecule has 0 bridgehead atoms. The van der Waals surface area contributed by atoms with Crippen LogP contribution in [0.1, 0.15) is 26.4 Å². The van der Waals surface area contributed by atoms with Crippen molar-refractivity contribution in [2.24, 2.45) is 0 Å². The number of hydrogen-bond donors (Lipinski definition) is 1. The number of benzene rings is 1. The van der Waals surface area contributed by atoms with E-state index in [1.54, 1.807) is 23.1 Å². The number of thiophene rings is 1. The van der Waals surface area contributed by atoms with Gasteiger partial charge in [-0.2, -0.15) is 5.26 Å². The maximum absolute atomic E-state index is 12.7. The van der Waals surface area contributed by atoms with Crippen molar-refractivity contribution in [2.75, 3.05) is 19.1 Å². The Kier molecular flexibility index (Phi) is 3.13. The molecule has 1 amide bonds. The highest BCUT2D eigenvalue weighted by molar-refractivity contribution is 7.16. The zero-order chi connectivity index (χ0) is 16.0. The summed E-state index contributed by atoms with van der Waals surface area (Å²) in [5.74, 6) is 1.20. The third-order valence-corrected chi connectivity index (χ3v) is 5.15. The normalized spacial score (nSPS) is 15.2. The maximum Gasteiger partial charge on any atom is 0.254 e. The minimum absolute atomic E-state index is 0.0561. The molecule has 4 rings (SSSR count). The lowest BCUT2D eigenvalue weighted by Gasteiger charge is -2.27. The molecule has 2 aliphatic heterocycles. The summed E-state index contributed by atoms with van der Waals surface area (Å²) in [4.78, 5) is 15.5. The molecule has 0 fully saturated rings. The van der Waals surface area contributed by atoms with Crippen molar-refractivity contribution in [2.45, 2.75) is 13.0 Å². The molecule has 0 saturated carbocycles. The van der Waals surface area contributed by atoms with Crippen molar-refractivity contribution in [1.29, 1.82) is 5.26 Å². The molecule has 2 N–H and O–H groups in total. The van der Waals surface area contributed by atoms with Crippen molar-refractivity contribution < 1.29 is 14.3 Å². The lowest BCUT2D eigenvalue weighted by atomic mass is 10.0. The first-order chi connectivity index (χ1) is 11.2. The highest BCUT2D eigenvalue weighted by Crippen LogP contribution is 2.36. The fourth-order valence-electron chi connectivity index (χ4n) is 2.93. The van der Waals surface area contributed by atoms with Crippen molar-refractivity contribution in [3.8, 4) is 17.6 Å². The number of carbonyl (C=O) groups excluding carboxylic acids is 1. The summed E-state index contributed by atoms with van der Waals surface area (Å²) >= 11 is 1.39. The fraction of sp³-hybridized carbons (Fsp3) is 0.250. The molecule has 0 atom stereocenters. The molecular formula is C16H13N3O3S. The van der Waals surface area contributed by atoms with E-state index in [0.717, 1.165) is 10.4 Å². The van der Waals surface area contributed by atoms with Gasteiger partial charge in [-0.3, -0.25) is 4.79 Å². The van der Waals surface area contributed by atoms with Gasteiger partial charge < -0.3 is 20.1 Å². The highest BCUT2D eigenvalue weighted by Gasteiger charge is 2.27. The molecule has 3 heterocycles. The average molecular weight is 327 g/mol. The quantitative estimate of drug-likeness (QED) is 0.867. The Hall–Kier alpha value is -2.72. The number of nitriles is 1. The molecular weight excluding hydrogens is 314 g/mol. The summed E-state index contributed by atoms with van der Waals surface area (Å²) in [7, 11) is 0. The van der Waals surface area contributed by atoms with E-state index >= 15 is 0 Å². The lowest BCUT2D eigenvalue weighted by Crippen LogP contribution is -2.35. The third-order valence-electron chi connectivity index (χ3n) is 4.10. The maximum atomic E-state index is 12.7. The molecule has 7 heteroatoms. The topological polar surface area (TPSA) is 88.6 Å². The van der Waals surface area contributed by atoms with Crippen LogP contribution in [-0.4, -0.2) is 24.1 Å². The number of rotatable bonds is 1. The molecule has 0 spiro atoms. The average Bonchev–Trinajstić information content (AvgIpc) is 3.15. The Labute approximate surface area is 136 Å². The second kappa shape index (κ2) is 5.18. The van der Waals surface area contributed by atoms with E-state index in [0.29, 0.717) is 47.1 Å². The number of ether oxygens (including phenoxy) is 2. The second-order valence-corrected chi connectivity index (χ2v) is 6.54. The molecule has 0 radical (unpaired) electrons. The first-order valence-electron chi connectivity index (χ1n) is 7.16. The van der Waals surface area contributed by atoms with Gasteiger partial charge in [0.1, 0.15) is 11.1 Å². The van der Waals surface area contributed by atoms with Crippen LogP contribution in [-0.2, 0) is 13.0 Å². The number of fused-ring (bicyclic) bond motifs is 2. The molecule has 6 nitrogen and oxygen atoms in total. The predicted molar refractivity (Wildman–Crippen MR) is 84.5 cm³/mol. The van der Waals surface area contributed by atoms with Crippen LogP contribution in [0.3, 0.4) is 0 Å². The van der Waals surface area contributed by atoms with Gasteiger partial charge >= 0.3 is 0 Å². The van der Waals surface area contributed by atoms with Crippen LogP contribution in [0, 0.1) is 11.3 Å². The first-order valence-corrected chi connectivity index (χ1v) is 7.98. The van der Waals surface area contributed by atoms with Gasteiger partial charge in [-0.1, -0.05) is 0 Å². The van der Waals surface area contributed by atoms with E-state index < -0.39 is 0 Å². The van der Waals surface area contributed by atoms with Crippen LogP contribution in [0.5, 0.6) is 11.5 Å². The van der Waals surface area contributed by atoms with Gasteiger partial charge in [0, 0.05) is 17.0 Å². The zero-order valence-corrected chi connectivity index (χ0v) is 13.0. The lowest BCUT2D eigenvalue weighted by molar-refractivity contribution is 0.0736. The molecule has 2 aromatic rings. The summed E-state index contributed by atoms with van der Waals surface area (Å²) in [6.45, 7) is 1.25. The SMILES string of the molecule is N#Cc1c(N)sc2c1CCN(C(=O)c1ccc3c(c1)OCO3)C2. The van der Waals surface area contributed by atoms with E-state index in [1.807, 2.05) is 0 Å². The van der Waals surface area contributed by atoms with Gasteiger partial charge in [-0.15, -0.1) is 11.3 Å². The summed E-state index contributed by atoms with van der Waals surface area (Å²) < 4.78 is 10.6. The summed E-state index contributed by atoms with van der Waals surface area (Å²) in [6, 6.07) is 7.37. The Morgan fingerprint density at radius 1 is 1.35 bits per heavy atom. The Bertz CT molecular complexity index is 853. The van der Waals surface area contributed by atoms with E-state index in [-0.39, 0.29) is 12.7 Å². The second-order valence-electron chi connectivity index (χ2n) is 5.40. The Morgan fingerprint density at radius 3 is 3.00 bits per heavy atom. The van der Waals surface area contributed by atoms with Crippen molar-refractivity contribution in [3.63, 3.8) is 0 Å². The summed E-state index contributed by atoms with van der Waals surface area (Å²) in [6.07, 6.45) is 0.655. The van der Waals surface area contributed by atoms with E-state index in [2.05, 4.69) is 6.07 Å². The Morgan fingerprint density at radius 2 is 2.17 bits per heavy atom. The van der Waals surface area contributed by atoms with Crippen molar-refractivity contribution in [3.05, 3.63) is 39.8 Å². The number of anilines is 1. The molecule has 0 saturated heterocycles. The Balaban J connectivity index is 1.60. The largest absolute Gasteiger partial charge is 0.454 e. The molecule has 1 aromatic carbocycles. The van der Waals surface area contributed by atoms with Crippen LogP contribution in [0.25, 0.3) is 0 Å². The summed E-state index contributed by atoms with van der Waals surface area (Å²) in [5.41, 5.74) is 8.02. The molecule has 0 unspecified atom stereocenters. The minimum atomic E-state index is -0.0561. The van der Waals surface area contributed by atoms with Gasteiger partial charge in [0.15, 0.2) is 11.5 Å². The van der Waals surface area contributed by atoms with Gasteiger partial charge in [-0.25, -0.2) is 0 Å². The smallest absolute Gasteiger partial charge is 0.254 e. The van der Waals surface area contributed by atoms with Crippen LogP contribution in [0.4, 0.5) is 5.00 Å². The number of nitrogens with two attached hydrogens (primary N) is 1. The molecule has 1 aromatic heterocycles. The van der Waals surface area contributed by atoms with Gasteiger partial charge in [-0.05, 0) is 30.2 Å². The fourth-order valence-corrected chi connectivity index (χ4v) is 4.02. The van der Waals surface area contributed by atoms with Crippen molar-refractivity contribution >= 4 is 22.2 Å². The van der Waals surface area contributed by atoms with E-state index in [1.165, 1.54) is 11.3 Å². The highest BCUT2D eigenvalue weighted by atomic mass is 32.1. The number of nitrogens with zero attached hydrogens (tertiary/aromatic N) is 2. The third kappa shape index (κ3) is 2.19. The summed E-state index contributed by atoms with van der Waals surface area (Å²) in [5, 5.41) is 9.71. The van der Waals surface area contributed by atoms with Crippen LogP contribution in [0.15, 0.2) is 18.2 Å². The molecule has 116 valence electrons. The van der Waals surface area contributed by atoms with Gasteiger partial charge in [0.05, 0.1) is 12.1 Å². The number of nitrogen functional groups attached to an aromatic ring is 1. The first kappa shape index (κ1) is 13.9. The van der Waals surface area contributed by atoms with E-state index in [9.17, 15) is 10.1 Å². The minimum Gasteiger partial charge on any atom is -0.454 e.